The molecule has 0 aromatic carbocycles. The fraction of sp³-hybridized carbons (Fsp3) is 0.500. The van der Waals surface area contributed by atoms with E-state index in [1.54, 1.807) is 19.3 Å². The van der Waals surface area contributed by atoms with E-state index in [0.717, 1.165) is 37.1 Å². The number of fused-ring (bicyclic) bond motifs is 1. The minimum atomic E-state index is -0.192. The van der Waals surface area contributed by atoms with Gasteiger partial charge in [-0.05, 0) is 37.3 Å². The van der Waals surface area contributed by atoms with E-state index in [1.165, 1.54) is 12.8 Å². The van der Waals surface area contributed by atoms with Crippen LogP contribution in [0.5, 0.6) is 0 Å². The first-order chi connectivity index (χ1) is 14.0. The van der Waals surface area contributed by atoms with Crippen LogP contribution in [0.15, 0.2) is 58.1 Å². The predicted molar refractivity (Wildman–Crippen MR) is 117 cm³/mol. The molecule has 0 N–H and O–H groups in total. The number of carbonyl (C=O) groups excluding carboxylic acids is 1. The lowest BCUT2D eigenvalue weighted by Crippen LogP contribution is -2.32. The maximum atomic E-state index is 13.0. The molecular formula is C22H31N5O2. The molecule has 3 rings (SSSR count). The van der Waals surface area contributed by atoms with Crippen LogP contribution in [0.2, 0.25) is 0 Å². The Hall–Kier alpha value is -2.83. The Bertz CT molecular complexity index is 789. The van der Waals surface area contributed by atoms with Crippen LogP contribution in [0.4, 0.5) is 0 Å². The average molecular weight is 398 g/mol. The molecule has 0 bridgehead atoms. The molecular weight excluding hydrogens is 366 g/mol. The number of allylic oxidation sites excluding steroid dienone is 3. The number of rotatable bonds is 11. The van der Waals surface area contributed by atoms with Crippen molar-refractivity contribution in [1.82, 2.24) is 14.7 Å². The van der Waals surface area contributed by atoms with Crippen molar-refractivity contribution in [2.24, 2.45) is 15.9 Å². The van der Waals surface area contributed by atoms with Crippen LogP contribution in [0, 0.1) is 5.92 Å². The van der Waals surface area contributed by atoms with Crippen LogP contribution < -0.4 is 0 Å². The summed E-state index contributed by atoms with van der Waals surface area (Å²) in [5, 5.41) is 0. The molecule has 7 heteroatoms. The number of Topliss-reactive ketones (excluding diaryl/α,β-unsaturated/α-hetero) is 1. The highest BCUT2D eigenvalue weighted by atomic mass is 16.5. The first kappa shape index (κ1) is 20.9. The van der Waals surface area contributed by atoms with Crippen molar-refractivity contribution in [3.05, 3.63) is 48.2 Å². The summed E-state index contributed by atoms with van der Waals surface area (Å²) in [7, 11) is 3.68. The van der Waals surface area contributed by atoms with Crippen molar-refractivity contribution >= 4 is 18.0 Å². The molecule has 0 saturated heterocycles. The van der Waals surface area contributed by atoms with Crippen molar-refractivity contribution in [2.45, 2.75) is 19.8 Å². The van der Waals surface area contributed by atoms with Crippen LogP contribution in [0.1, 0.15) is 19.8 Å². The van der Waals surface area contributed by atoms with Crippen molar-refractivity contribution in [2.75, 3.05) is 46.9 Å². The zero-order valence-electron chi connectivity index (χ0n) is 17.7. The third-order valence-corrected chi connectivity index (χ3v) is 5.15. The maximum absolute atomic E-state index is 13.0. The third-order valence-electron chi connectivity index (χ3n) is 5.15. The lowest BCUT2D eigenvalue weighted by atomic mass is 10.0. The van der Waals surface area contributed by atoms with Gasteiger partial charge in [-0.2, -0.15) is 0 Å². The fourth-order valence-corrected chi connectivity index (χ4v) is 3.24. The van der Waals surface area contributed by atoms with Crippen molar-refractivity contribution in [3.63, 3.8) is 0 Å². The van der Waals surface area contributed by atoms with E-state index in [-0.39, 0.29) is 5.78 Å². The number of hydrogen-bond acceptors (Lipinski definition) is 7. The molecule has 2 heterocycles. The van der Waals surface area contributed by atoms with Gasteiger partial charge >= 0.3 is 0 Å². The minimum absolute atomic E-state index is 0.192. The Kier molecular flexibility index (Phi) is 6.90. The SMILES string of the molecule is C=C(C(=O)/C(=C\N(C)CC1CC1)OCCN1C=CN2CCN=C21)/C(C)=C/C=NC. The molecule has 29 heavy (non-hydrogen) atoms. The summed E-state index contributed by atoms with van der Waals surface area (Å²) >= 11 is 0. The summed E-state index contributed by atoms with van der Waals surface area (Å²) in [6, 6.07) is 0. The molecule has 0 aromatic rings. The summed E-state index contributed by atoms with van der Waals surface area (Å²) in [6.07, 6.45) is 11.8. The molecule has 0 atom stereocenters. The molecule has 0 amide bonds. The van der Waals surface area contributed by atoms with Crippen molar-refractivity contribution < 1.29 is 9.53 Å². The number of ether oxygens (including phenoxy) is 1. The second kappa shape index (κ2) is 9.58. The van der Waals surface area contributed by atoms with E-state index in [4.69, 9.17) is 4.74 Å². The third kappa shape index (κ3) is 5.59. The van der Waals surface area contributed by atoms with Gasteiger partial charge in [0, 0.05) is 57.6 Å². The summed E-state index contributed by atoms with van der Waals surface area (Å²) in [6.45, 7) is 9.52. The van der Waals surface area contributed by atoms with Gasteiger partial charge in [0.25, 0.3) is 0 Å². The highest BCUT2D eigenvalue weighted by Crippen LogP contribution is 2.29. The van der Waals surface area contributed by atoms with Crippen LogP contribution in [-0.4, -0.2) is 79.5 Å². The molecule has 1 saturated carbocycles. The van der Waals surface area contributed by atoms with E-state index >= 15 is 0 Å². The first-order valence-electron chi connectivity index (χ1n) is 10.1. The second-order valence-electron chi connectivity index (χ2n) is 7.66. The van der Waals surface area contributed by atoms with Crippen molar-refractivity contribution in [3.8, 4) is 0 Å². The zero-order chi connectivity index (χ0) is 20.8. The molecule has 7 nitrogen and oxygen atoms in total. The molecule has 0 spiro atoms. The maximum Gasteiger partial charge on any atom is 0.228 e. The largest absolute Gasteiger partial charge is 0.486 e. The van der Waals surface area contributed by atoms with Gasteiger partial charge < -0.3 is 19.4 Å². The van der Waals surface area contributed by atoms with Gasteiger partial charge in [-0.1, -0.05) is 6.58 Å². The molecule has 0 aromatic heterocycles. The predicted octanol–water partition coefficient (Wildman–Crippen LogP) is 2.42. The summed E-state index contributed by atoms with van der Waals surface area (Å²) in [5.74, 6) is 1.81. The Morgan fingerprint density at radius 2 is 2.24 bits per heavy atom. The van der Waals surface area contributed by atoms with E-state index in [2.05, 4.69) is 26.4 Å². The first-order valence-corrected chi connectivity index (χ1v) is 10.1. The fourth-order valence-electron chi connectivity index (χ4n) is 3.24. The molecule has 2 aliphatic heterocycles. The van der Waals surface area contributed by atoms with E-state index in [0.29, 0.717) is 24.5 Å². The van der Waals surface area contributed by atoms with Gasteiger partial charge in [-0.25, -0.2) is 0 Å². The summed E-state index contributed by atoms with van der Waals surface area (Å²) < 4.78 is 5.96. The number of carbonyl (C=O) groups is 1. The lowest BCUT2D eigenvalue weighted by molar-refractivity contribution is -0.115. The number of aliphatic imine (C=N–C) groups is 2. The Morgan fingerprint density at radius 1 is 1.45 bits per heavy atom. The Balaban J connectivity index is 1.63. The van der Waals surface area contributed by atoms with Gasteiger partial charge in [0.15, 0.2) is 5.76 Å². The van der Waals surface area contributed by atoms with Gasteiger partial charge in [-0.15, -0.1) is 0 Å². The van der Waals surface area contributed by atoms with Gasteiger partial charge in [0.1, 0.15) is 6.61 Å². The Labute approximate surface area is 173 Å². The highest BCUT2D eigenvalue weighted by Gasteiger charge is 2.26. The lowest BCUT2D eigenvalue weighted by Gasteiger charge is -2.20. The summed E-state index contributed by atoms with van der Waals surface area (Å²) in [5.41, 5.74) is 1.20. The van der Waals surface area contributed by atoms with E-state index < -0.39 is 0 Å². The molecule has 3 aliphatic rings. The molecule has 0 radical (unpaired) electrons. The Morgan fingerprint density at radius 3 is 2.97 bits per heavy atom. The van der Waals surface area contributed by atoms with Crippen LogP contribution >= 0.6 is 0 Å². The van der Waals surface area contributed by atoms with E-state index in [1.807, 2.05) is 37.5 Å². The number of guanidine groups is 1. The van der Waals surface area contributed by atoms with Crippen molar-refractivity contribution in [1.29, 1.82) is 0 Å². The average Bonchev–Trinajstić information content (AvgIpc) is 3.24. The van der Waals surface area contributed by atoms with Gasteiger partial charge in [0.2, 0.25) is 11.7 Å². The topological polar surface area (TPSA) is 60.7 Å². The van der Waals surface area contributed by atoms with Crippen LogP contribution in [-0.2, 0) is 9.53 Å². The monoisotopic (exact) mass is 397 g/mol. The summed E-state index contributed by atoms with van der Waals surface area (Å²) in [4.78, 5) is 27.7. The smallest absolute Gasteiger partial charge is 0.228 e. The molecule has 1 fully saturated rings. The second-order valence-corrected chi connectivity index (χ2v) is 7.66. The number of ketones is 1. The number of hydrogen-bond donors (Lipinski definition) is 0. The molecule has 156 valence electrons. The molecule has 1 aliphatic carbocycles. The van der Waals surface area contributed by atoms with Gasteiger partial charge in [-0.3, -0.25) is 14.8 Å². The number of nitrogens with zero attached hydrogens (tertiary/aromatic N) is 5. The van der Waals surface area contributed by atoms with Gasteiger partial charge in [0.05, 0.1) is 13.1 Å². The zero-order valence-corrected chi connectivity index (χ0v) is 17.7. The standard InChI is InChI=1S/C22H31N5O2/c1-17(7-8-23-3)18(2)21(28)20(16-25(4)15-19-5-6-19)29-14-13-27-12-11-26-10-9-24-22(26)27/h7-8,11-12,16,19H,2,5-6,9-10,13-15H2,1,3-4H3/b17-7+,20-16+,23-8?. The van der Waals surface area contributed by atoms with Crippen LogP contribution in [0.25, 0.3) is 0 Å². The normalized spacial score (nSPS) is 19.1. The minimum Gasteiger partial charge on any atom is -0.486 e. The van der Waals surface area contributed by atoms with E-state index in [9.17, 15) is 4.79 Å². The quantitative estimate of drug-likeness (QED) is 0.232. The van der Waals surface area contributed by atoms with Crippen LogP contribution in [0.3, 0.4) is 0 Å². The molecule has 0 unspecified atom stereocenters. The highest BCUT2D eigenvalue weighted by molar-refractivity contribution is 6.09.